The highest BCUT2D eigenvalue weighted by Crippen LogP contribution is 2.25. The highest BCUT2D eigenvalue weighted by molar-refractivity contribution is 6.32. The molecule has 0 spiro atoms. The first-order valence-corrected chi connectivity index (χ1v) is 6.62. The maximum atomic E-state index is 12.1. The minimum absolute atomic E-state index is 0.236. The molecule has 116 valence electrons. The van der Waals surface area contributed by atoms with Crippen molar-refractivity contribution >= 4 is 29.1 Å². The molecule has 0 saturated carbocycles. The van der Waals surface area contributed by atoms with Crippen molar-refractivity contribution in [2.24, 2.45) is 7.05 Å². The molecule has 0 aliphatic heterocycles. The van der Waals surface area contributed by atoms with E-state index >= 15 is 0 Å². The maximum Gasteiger partial charge on any atom is 0.434 e. The van der Waals surface area contributed by atoms with E-state index in [1.165, 1.54) is 24.9 Å². The summed E-state index contributed by atoms with van der Waals surface area (Å²) in [5.74, 6) is -0.231. The van der Waals surface area contributed by atoms with E-state index in [9.17, 15) is 14.9 Å². The Morgan fingerprint density at radius 2 is 2.09 bits per heavy atom. The molecule has 1 amide bonds. The number of methoxy groups -OCH3 is 1. The topological polar surface area (TPSA) is 99.3 Å². The number of benzene rings is 1. The number of alkyl halides is 1. The molecule has 0 saturated heterocycles. The zero-order chi connectivity index (χ0) is 16.3. The van der Waals surface area contributed by atoms with Crippen molar-refractivity contribution in [2.75, 3.05) is 12.4 Å². The van der Waals surface area contributed by atoms with Crippen LogP contribution in [0.1, 0.15) is 11.1 Å². The van der Waals surface area contributed by atoms with E-state index in [1.54, 1.807) is 24.3 Å². The lowest BCUT2D eigenvalue weighted by atomic mass is 10.2. The second-order valence-electron chi connectivity index (χ2n) is 4.38. The standard InChI is InChI=1S/C13H13ClN4O4/c1-17-10(7-15-13(17)18(20)21)11(14)12(19)16-8-3-5-9(22-2)6-4-8/h3-7,11H,1-2H3,(H,16,19). The van der Waals surface area contributed by atoms with Gasteiger partial charge in [-0.3, -0.25) is 4.79 Å². The summed E-state index contributed by atoms with van der Waals surface area (Å²) < 4.78 is 6.19. The van der Waals surface area contributed by atoms with Crippen LogP contribution in [0, 0.1) is 10.1 Å². The number of halogens is 1. The number of ether oxygens (including phenoxy) is 1. The molecule has 2 rings (SSSR count). The van der Waals surface area contributed by atoms with Crippen LogP contribution in [-0.2, 0) is 11.8 Å². The Kier molecular flexibility index (Phi) is 4.62. The van der Waals surface area contributed by atoms with Gasteiger partial charge in [-0.05, 0) is 29.2 Å². The molecule has 1 unspecified atom stereocenters. The first kappa shape index (κ1) is 15.8. The number of anilines is 1. The molecule has 0 aliphatic carbocycles. The van der Waals surface area contributed by atoms with Crippen molar-refractivity contribution in [1.29, 1.82) is 0 Å². The number of hydrogen-bond acceptors (Lipinski definition) is 5. The lowest BCUT2D eigenvalue weighted by Crippen LogP contribution is -2.19. The normalized spacial score (nSPS) is 11.8. The third kappa shape index (κ3) is 3.17. The molecular weight excluding hydrogens is 312 g/mol. The molecule has 1 aromatic heterocycles. The number of nitrogens with one attached hydrogen (secondary N) is 1. The summed E-state index contributed by atoms with van der Waals surface area (Å²) in [7, 11) is 2.97. The maximum absolute atomic E-state index is 12.1. The summed E-state index contributed by atoms with van der Waals surface area (Å²) in [4.78, 5) is 25.8. The Morgan fingerprint density at radius 1 is 1.45 bits per heavy atom. The van der Waals surface area contributed by atoms with Crippen LogP contribution in [0.4, 0.5) is 11.6 Å². The summed E-state index contributed by atoms with van der Waals surface area (Å²) in [5.41, 5.74) is 0.771. The molecular formula is C13H13ClN4O4. The predicted molar refractivity (Wildman–Crippen MR) is 80.1 cm³/mol. The number of aromatic nitrogens is 2. The van der Waals surface area contributed by atoms with Crippen LogP contribution in [0.3, 0.4) is 0 Å². The summed E-state index contributed by atoms with van der Waals surface area (Å²) in [6.45, 7) is 0. The van der Waals surface area contributed by atoms with E-state index in [0.29, 0.717) is 11.4 Å². The SMILES string of the molecule is COc1ccc(NC(=O)C(Cl)c2cnc([N+](=O)[O-])n2C)cc1. The van der Waals surface area contributed by atoms with E-state index in [0.717, 1.165) is 0 Å². The second-order valence-corrected chi connectivity index (χ2v) is 4.82. The number of nitro groups is 1. The monoisotopic (exact) mass is 324 g/mol. The Balaban J connectivity index is 2.13. The van der Waals surface area contributed by atoms with E-state index in [-0.39, 0.29) is 11.6 Å². The molecule has 8 nitrogen and oxygen atoms in total. The van der Waals surface area contributed by atoms with Crippen molar-refractivity contribution in [3.05, 3.63) is 46.3 Å². The molecule has 1 atom stereocenters. The molecule has 22 heavy (non-hydrogen) atoms. The number of carbonyl (C=O) groups excluding carboxylic acids is 1. The van der Waals surface area contributed by atoms with E-state index in [2.05, 4.69) is 10.3 Å². The number of imidazole rings is 1. The molecule has 1 N–H and O–H groups in total. The largest absolute Gasteiger partial charge is 0.497 e. The fourth-order valence-electron chi connectivity index (χ4n) is 1.83. The van der Waals surface area contributed by atoms with Gasteiger partial charge < -0.3 is 20.2 Å². The lowest BCUT2D eigenvalue weighted by molar-refractivity contribution is -0.396. The number of nitrogens with zero attached hydrogens (tertiary/aromatic N) is 3. The zero-order valence-electron chi connectivity index (χ0n) is 11.8. The molecule has 9 heteroatoms. The minimum Gasteiger partial charge on any atom is -0.497 e. The summed E-state index contributed by atoms with van der Waals surface area (Å²) in [6.07, 6.45) is 1.21. The van der Waals surface area contributed by atoms with Crippen LogP contribution < -0.4 is 10.1 Å². The first-order chi connectivity index (χ1) is 10.4. The first-order valence-electron chi connectivity index (χ1n) is 6.19. The third-order valence-electron chi connectivity index (χ3n) is 3.01. The van der Waals surface area contributed by atoms with Crippen molar-refractivity contribution < 1.29 is 14.5 Å². The van der Waals surface area contributed by atoms with E-state index < -0.39 is 16.2 Å². The lowest BCUT2D eigenvalue weighted by Gasteiger charge is -2.10. The van der Waals surface area contributed by atoms with Crippen molar-refractivity contribution in [1.82, 2.24) is 9.55 Å². The van der Waals surface area contributed by atoms with Gasteiger partial charge >= 0.3 is 5.95 Å². The summed E-state index contributed by atoms with van der Waals surface area (Å²) in [5, 5.41) is 12.3. The number of carbonyl (C=O) groups is 1. The van der Waals surface area contributed by atoms with Crippen LogP contribution >= 0.6 is 11.6 Å². The van der Waals surface area contributed by atoms with Crippen molar-refractivity contribution in [2.45, 2.75) is 5.38 Å². The van der Waals surface area contributed by atoms with Crippen molar-refractivity contribution in [3.8, 4) is 5.75 Å². The molecule has 0 aliphatic rings. The second kappa shape index (κ2) is 6.44. The highest BCUT2D eigenvalue weighted by Gasteiger charge is 2.28. The number of hydrogen-bond donors (Lipinski definition) is 1. The van der Waals surface area contributed by atoms with Crippen LogP contribution in [0.15, 0.2) is 30.5 Å². The summed E-state index contributed by atoms with van der Waals surface area (Å²) in [6, 6.07) is 6.69. The van der Waals surface area contributed by atoms with Crippen molar-refractivity contribution in [3.63, 3.8) is 0 Å². The molecule has 1 aromatic carbocycles. The summed E-state index contributed by atoms with van der Waals surface area (Å²) >= 11 is 6.07. The average molecular weight is 325 g/mol. The fourth-order valence-corrected chi connectivity index (χ4v) is 2.09. The highest BCUT2D eigenvalue weighted by atomic mass is 35.5. The van der Waals surface area contributed by atoms with Gasteiger partial charge in [0.15, 0.2) is 5.38 Å². The van der Waals surface area contributed by atoms with Gasteiger partial charge in [-0.15, -0.1) is 11.6 Å². The minimum atomic E-state index is -1.10. The van der Waals surface area contributed by atoms with Crippen LogP contribution in [0.2, 0.25) is 0 Å². The molecule has 0 bridgehead atoms. The van der Waals surface area contributed by atoms with Gasteiger partial charge in [0, 0.05) is 5.69 Å². The molecule has 0 radical (unpaired) electrons. The molecule has 2 aromatic rings. The van der Waals surface area contributed by atoms with Crippen LogP contribution in [-0.4, -0.2) is 27.5 Å². The van der Waals surface area contributed by atoms with Gasteiger partial charge in [-0.2, -0.15) is 0 Å². The Bertz CT molecular complexity index is 699. The average Bonchev–Trinajstić information content (AvgIpc) is 2.89. The van der Waals surface area contributed by atoms with Gasteiger partial charge in [0.1, 0.15) is 17.6 Å². The number of rotatable bonds is 5. The third-order valence-corrected chi connectivity index (χ3v) is 3.43. The van der Waals surface area contributed by atoms with Crippen LogP contribution in [0.5, 0.6) is 5.75 Å². The molecule has 1 heterocycles. The van der Waals surface area contributed by atoms with E-state index in [1.807, 2.05) is 0 Å². The van der Waals surface area contributed by atoms with Gasteiger partial charge in [0.25, 0.3) is 0 Å². The van der Waals surface area contributed by atoms with Gasteiger partial charge in [0.2, 0.25) is 5.91 Å². The van der Waals surface area contributed by atoms with Gasteiger partial charge in [-0.1, -0.05) is 4.98 Å². The smallest absolute Gasteiger partial charge is 0.434 e. The van der Waals surface area contributed by atoms with Crippen LogP contribution in [0.25, 0.3) is 0 Å². The number of amides is 1. The van der Waals surface area contributed by atoms with Gasteiger partial charge in [0.05, 0.1) is 14.2 Å². The quantitative estimate of drug-likeness (QED) is 0.516. The van der Waals surface area contributed by atoms with Gasteiger partial charge in [-0.25, -0.2) is 4.57 Å². The Morgan fingerprint density at radius 3 is 2.59 bits per heavy atom. The Labute approximate surface area is 130 Å². The zero-order valence-corrected chi connectivity index (χ0v) is 12.6. The van der Waals surface area contributed by atoms with E-state index in [4.69, 9.17) is 16.3 Å². The molecule has 0 fully saturated rings. The predicted octanol–water partition coefficient (Wildman–Crippen LogP) is 2.26. The fraction of sp³-hybridized carbons (Fsp3) is 0.231. The Hall–Kier alpha value is -2.61.